The van der Waals surface area contributed by atoms with Crippen molar-refractivity contribution >= 4 is 6.03 Å². The fourth-order valence-electron chi connectivity index (χ4n) is 3.01. The van der Waals surface area contributed by atoms with Crippen LogP contribution in [-0.4, -0.2) is 42.3 Å². The molecule has 0 radical (unpaired) electrons. The van der Waals surface area contributed by atoms with Crippen LogP contribution >= 0.6 is 0 Å². The van der Waals surface area contributed by atoms with Gasteiger partial charge in [-0.3, -0.25) is 0 Å². The first-order chi connectivity index (χ1) is 11.5. The first-order valence-corrected chi connectivity index (χ1v) is 8.25. The van der Waals surface area contributed by atoms with Gasteiger partial charge in [-0.2, -0.15) is 8.78 Å². The molecule has 1 aliphatic heterocycles. The van der Waals surface area contributed by atoms with E-state index in [9.17, 15) is 18.7 Å². The fourth-order valence-corrected chi connectivity index (χ4v) is 3.01. The van der Waals surface area contributed by atoms with E-state index in [0.29, 0.717) is 25.1 Å². The molecular weight excluding hydrogens is 318 g/mol. The van der Waals surface area contributed by atoms with Gasteiger partial charge in [-0.05, 0) is 31.2 Å². The first kappa shape index (κ1) is 18.4. The normalized spacial score (nSPS) is 19.2. The summed E-state index contributed by atoms with van der Waals surface area (Å²) in [5.41, 5.74) is 0.532. The lowest BCUT2D eigenvalue weighted by molar-refractivity contribution is -0.0507. The third-order valence-corrected chi connectivity index (χ3v) is 4.28. The van der Waals surface area contributed by atoms with Gasteiger partial charge in [0.1, 0.15) is 5.75 Å². The molecule has 0 saturated carbocycles. The molecule has 5 nitrogen and oxygen atoms in total. The molecule has 1 aliphatic rings. The molecule has 2 amide bonds. The van der Waals surface area contributed by atoms with E-state index in [-0.39, 0.29) is 24.3 Å². The number of carbonyl (C=O) groups is 1. The molecule has 2 unspecified atom stereocenters. The minimum atomic E-state index is -2.91. The summed E-state index contributed by atoms with van der Waals surface area (Å²) in [4.78, 5) is 14.2. The number of carbonyl (C=O) groups excluding carboxylic acids is 1. The number of urea groups is 1. The number of para-hydroxylation sites is 1. The van der Waals surface area contributed by atoms with E-state index in [2.05, 4.69) is 10.1 Å². The predicted molar refractivity (Wildman–Crippen MR) is 86.0 cm³/mol. The number of piperidine rings is 1. The number of nitrogens with one attached hydrogen (secondary N) is 1. The Bertz CT molecular complexity index is 542. The minimum absolute atomic E-state index is 0.0616. The largest absolute Gasteiger partial charge is 0.434 e. The molecule has 1 saturated heterocycles. The number of halogens is 2. The number of likely N-dealkylation sites (tertiary alicyclic amines) is 1. The summed E-state index contributed by atoms with van der Waals surface area (Å²) < 4.78 is 29.7. The van der Waals surface area contributed by atoms with Gasteiger partial charge in [-0.25, -0.2) is 4.79 Å². The maximum absolute atomic E-state index is 12.6. The number of hydrogen-bond donors (Lipinski definition) is 2. The second-order valence-corrected chi connectivity index (χ2v) is 5.96. The molecule has 0 spiro atoms. The van der Waals surface area contributed by atoms with Crippen LogP contribution in [0.4, 0.5) is 13.6 Å². The Morgan fingerprint density at radius 1 is 1.46 bits per heavy atom. The number of hydrogen-bond acceptors (Lipinski definition) is 3. The number of aliphatic hydroxyl groups excluding tert-OH is 1. The van der Waals surface area contributed by atoms with E-state index in [1.807, 2.05) is 6.92 Å². The standard InChI is InChI=1S/C17H24F2N2O3/c1-2-14(13-7-3-4-8-15(13)24-16(18)19)20-17(23)21-9-5-6-12(10-21)11-22/h3-4,7-8,12,14,16,22H,2,5-6,9-11H2,1H3,(H,20,23). The van der Waals surface area contributed by atoms with Gasteiger partial charge >= 0.3 is 12.6 Å². The van der Waals surface area contributed by atoms with Crippen LogP contribution < -0.4 is 10.1 Å². The first-order valence-electron chi connectivity index (χ1n) is 8.25. The number of nitrogens with zero attached hydrogens (tertiary/aromatic N) is 1. The van der Waals surface area contributed by atoms with Crippen LogP contribution in [0.2, 0.25) is 0 Å². The van der Waals surface area contributed by atoms with Crippen molar-refractivity contribution in [1.29, 1.82) is 0 Å². The second-order valence-electron chi connectivity index (χ2n) is 5.96. The highest BCUT2D eigenvalue weighted by atomic mass is 19.3. The molecule has 2 atom stereocenters. The Kier molecular flexibility index (Phi) is 6.78. The van der Waals surface area contributed by atoms with E-state index in [0.717, 1.165) is 12.8 Å². The number of ether oxygens (including phenoxy) is 1. The van der Waals surface area contributed by atoms with Crippen LogP contribution in [0, 0.1) is 5.92 Å². The summed E-state index contributed by atoms with van der Waals surface area (Å²) in [7, 11) is 0. The Hall–Kier alpha value is -1.89. The van der Waals surface area contributed by atoms with Crippen LogP contribution in [0.25, 0.3) is 0 Å². The van der Waals surface area contributed by atoms with Gasteiger partial charge in [0.05, 0.1) is 6.04 Å². The van der Waals surface area contributed by atoms with E-state index >= 15 is 0 Å². The molecule has 7 heteroatoms. The Labute approximate surface area is 140 Å². The van der Waals surface area contributed by atoms with E-state index in [1.54, 1.807) is 23.1 Å². The highest BCUT2D eigenvalue weighted by Crippen LogP contribution is 2.29. The summed E-state index contributed by atoms with van der Waals surface area (Å²) in [6.45, 7) is 0.164. The van der Waals surface area contributed by atoms with Gasteiger partial charge in [-0.1, -0.05) is 25.1 Å². The lowest BCUT2D eigenvalue weighted by Crippen LogP contribution is -2.47. The van der Waals surface area contributed by atoms with Crippen molar-refractivity contribution < 1.29 is 23.4 Å². The van der Waals surface area contributed by atoms with Crippen molar-refractivity contribution in [3.63, 3.8) is 0 Å². The van der Waals surface area contributed by atoms with Crippen LogP contribution in [0.5, 0.6) is 5.75 Å². The van der Waals surface area contributed by atoms with Gasteiger partial charge in [0, 0.05) is 25.3 Å². The van der Waals surface area contributed by atoms with Gasteiger partial charge in [0.2, 0.25) is 0 Å². The van der Waals surface area contributed by atoms with Crippen molar-refractivity contribution in [3.8, 4) is 5.75 Å². The highest BCUT2D eigenvalue weighted by molar-refractivity contribution is 5.75. The topological polar surface area (TPSA) is 61.8 Å². The van der Waals surface area contributed by atoms with Crippen LogP contribution in [0.1, 0.15) is 37.8 Å². The maximum atomic E-state index is 12.6. The molecular formula is C17H24F2N2O3. The lowest BCUT2D eigenvalue weighted by atomic mass is 9.99. The molecule has 1 aromatic rings. The van der Waals surface area contributed by atoms with Crippen LogP contribution in [0.15, 0.2) is 24.3 Å². The molecule has 0 aromatic heterocycles. The summed E-state index contributed by atoms with van der Waals surface area (Å²) in [6.07, 6.45) is 2.30. The average Bonchev–Trinajstić information content (AvgIpc) is 2.59. The third-order valence-electron chi connectivity index (χ3n) is 4.28. The molecule has 0 aliphatic carbocycles. The second kappa shape index (κ2) is 8.82. The zero-order valence-electron chi connectivity index (χ0n) is 13.8. The van der Waals surface area contributed by atoms with Crippen molar-refractivity contribution in [3.05, 3.63) is 29.8 Å². The summed E-state index contributed by atoms with van der Waals surface area (Å²) in [6, 6.07) is 5.84. The van der Waals surface area contributed by atoms with Crippen molar-refractivity contribution in [2.24, 2.45) is 5.92 Å². The molecule has 24 heavy (non-hydrogen) atoms. The Balaban J connectivity index is 2.07. The SMILES string of the molecule is CCC(NC(=O)N1CCCC(CO)C1)c1ccccc1OC(F)F. The predicted octanol–water partition coefficient (Wildman–Crippen LogP) is 3.15. The number of benzene rings is 1. The van der Waals surface area contributed by atoms with Crippen molar-refractivity contribution in [1.82, 2.24) is 10.2 Å². The smallest absolute Gasteiger partial charge is 0.387 e. The molecule has 1 aromatic carbocycles. The zero-order chi connectivity index (χ0) is 17.5. The maximum Gasteiger partial charge on any atom is 0.387 e. The number of rotatable bonds is 6. The summed E-state index contributed by atoms with van der Waals surface area (Å²) in [5.74, 6) is 0.172. The number of aliphatic hydroxyl groups is 1. The van der Waals surface area contributed by atoms with E-state index < -0.39 is 12.7 Å². The molecule has 1 heterocycles. The minimum Gasteiger partial charge on any atom is -0.434 e. The van der Waals surface area contributed by atoms with Crippen LogP contribution in [0.3, 0.4) is 0 Å². The Morgan fingerprint density at radius 3 is 2.88 bits per heavy atom. The van der Waals surface area contributed by atoms with Gasteiger partial charge in [0.15, 0.2) is 0 Å². The fraction of sp³-hybridized carbons (Fsp3) is 0.588. The van der Waals surface area contributed by atoms with E-state index in [4.69, 9.17) is 0 Å². The number of alkyl halides is 2. The zero-order valence-corrected chi connectivity index (χ0v) is 13.8. The highest BCUT2D eigenvalue weighted by Gasteiger charge is 2.26. The third kappa shape index (κ3) is 4.80. The van der Waals surface area contributed by atoms with Crippen molar-refractivity contribution in [2.75, 3.05) is 19.7 Å². The van der Waals surface area contributed by atoms with Crippen molar-refractivity contribution in [2.45, 2.75) is 38.8 Å². The summed E-state index contributed by atoms with van der Waals surface area (Å²) in [5, 5.41) is 12.2. The molecule has 0 bridgehead atoms. The molecule has 2 rings (SSSR count). The molecule has 2 N–H and O–H groups in total. The average molecular weight is 342 g/mol. The monoisotopic (exact) mass is 342 g/mol. The van der Waals surface area contributed by atoms with Gasteiger partial charge in [0.25, 0.3) is 0 Å². The van der Waals surface area contributed by atoms with Gasteiger partial charge in [-0.15, -0.1) is 0 Å². The van der Waals surface area contributed by atoms with Crippen LogP contribution in [-0.2, 0) is 0 Å². The van der Waals surface area contributed by atoms with E-state index in [1.165, 1.54) is 6.07 Å². The molecule has 1 fully saturated rings. The quantitative estimate of drug-likeness (QED) is 0.835. The Morgan fingerprint density at radius 2 is 2.21 bits per heavy atom. The summed E-state index contributed by atoms with van der Waals surface area (Å²) >= 11 is 0. The number of amides is 2. The molecule has 134 valence electrons. The lowest BCUT2D eigenvalue weighted by Gasteiger charge is -2.33. The van der Waals surface area contributed by atoms with Gasteiger partial charge < -0.3 is 20.1 Å².